The highest BCUT2D eigenvalue weighted by Gasteiger charge is 2.04. The van der Waals surface area contributed by atoms with Gasteiger partial charge in [0.1, 0.15) is 0 Å². The Morgan fingerprint density at radius 2 is 1.80 bits per heavy atom. The molecule has 0 bridgehead atoms. The summed E-state index contributed by atoms with van der Waals surface area (Å²) in [4.78, 5) is 0. The molecule has 1 nitrogen and oxygen atoms in total. The quantitative estimate of drug-likeness (QED) is 0.491. The van der Waals surface area contributed by atoms with E-state index in [9.17, 15) is 0 Å². The SMILES string of the molecule is CC1=CCC=C(C)C1=C=N. The number of allylic oxidation sites excluding steroid dienone is 5. The number of hydrogen-bond donors (Lipinski definition) is 1. The van der Waals surface area contributed by atoms with E-state index in [1.54, 1.807) is 0 Å². The summed E-state index contributed by atoms with van der Waals surface area (Å²) in [7, 11) is 0. The van der Waals surface area contributed by atoms with Gasteiger partial charge in [-0.25, -0.2) is 0 Å². The van der Waals surface area contributed by atoms with Crippen molar-refractivity contribution in [2.45, 2.75) is 20.3 Å². The molecule has 0 spiro atoms. The lowest BCUT2D eigenvalue weighted by molar-refractivity contribution is 1.19. The largest absolute Gasteiger partial charge is 0.258 e. The van der Waals surface area contributed by atoms with Gasteiger partial charge >= 0.3 is 0 Å². The monoisotopic (exact) mass is 133 g/mol. The summed E-state index contributed by atoms with van der Waals surface area (Å²) >= 11 is 0. The lowest BCUT2D eigenvalue weighted by Gasteiger charge is -2.09. The van der Waals surface area contributed by atoms with Crippen LogP contribution in [0.1, 0.15) is 20.3 Å². The summed E-state index contributed by atoms with van der Waals surface area (Å²) in [5.41, 5.74) is 3.30. The van der Waals surface area contributed by atoms with Crippen LogP contribution in [0.15, 0.2) is 28.9 Å². The minimum atomic E-state index is 0.950. The first-order valence-electron chi connectivity index (χ1n) is 3.39. The lowest BCUT2D eigenvalue weighted by Crippen LogP contribution is -1.93. The van der Waals surface area contributed by atoms with Gasteiger partial charge in [-0.1, -0.05) is 12.2 Å². The van der Waals surface area contributed by atoms with E-state index in [2.05, 4.69) is 18.0 Å². The van der Waals surface area contributed by atoms with Crippen molar-refractivity contribution in [3.8, 4) is 0 Å². The van der Waals surface area contributed by atoms with Crippen LogP contribution in [0.2, 0.25) is 0 Å². The molecule has 0 heterocycles. The highest BCUT2D eigenvalue weighted by atomic mass is 14.3. The third-order valence-corrected chi connectivity index (χ3v) is 1.76. The van der Waals surface area contributed by atoms with Crippen LogP contribution < -0.4 is 0 Å². The molecule has 1 rings (SSSR count). The van der Waals surface area contributed by atoms with Crippen LogP contribution in [0.3, 0.4) is 0 Å². The molecule has 0 unspecified atom stereocenters. The molecule has 1 aliphatic rings. The summed E-state index contributed by atoms with van der Waals surface area (Å²) in [6, 6.07) is 0. The molecular weight excluding hydrogens is 122 g/mol. The molecule has 1 heteroatoms. The van der Waals surface area contributed by atoms with Gasteiger partial charge in [-0.2, -0.15) is 0 Å². The fourth-order valence-electron chi connectivity index (χ4n) is 1.12. The molecule has 0 radical (unpaired) electrons. The van der Waals surface area contributed by atoms with Crippen molar-refractivity contribution in [2.75, 3.05) is 0 Å². The normalized spacial score (nSPS) is 17.6. The van der Waals surface area contributed by atoms with Crippen molar-refractivity contribution in [3.05, 3.63) is 28.9 Å². The van der Waals surface area contributed by atoms with Gasteiger partial charge in [-0.15, -0.1) is 0 Å². The zero-order valence-electron chi connectivity index (χ0n) is 6.36. The van der Waals surface area contributed by atoms with E-state index in [-0.39, 0.29) is 0 Å². The highest BCUT2D eigenvalue weighted by Crippen LogP contribution is 2.21. The minimum absolute atomic E-state index is 0.950. The Bertz CT molecular complexity index is 230. The summed E-state index contributed by atoms with van der Waals surface area (Å²) in [5.74, 6) is 2.43. The van der Waals surface area contributed by atoms with Gasteiger partial charge in [0, 0.05) is 5.57 Å². The zero-order valence-corrected chi connectivity index (χ0v) is 6.36. The molecule has 0 atom stereocenters. The third-order valence-electron chi connectivity index (χ3n) is 1.76. The van der Waals surface area contributed by atoms with Gasteiger partial charge in [0.15, 0.2) is 0 Å². The molecule has 52 valence electrons. The maximum atomic E-state index is 6.99. The number of hydrogen-bond acceptors (Lipinski definition) is 1. The summed E-state index contributed by atoms with van der Waals surface area (Å²) < 4.78 is 0. The minimum Gasteiger partial charge on any atom is -0.258 e. The van der Waals surface area contributed by atoms with E-state index in [4.69, 9.17) is 5.41 Å². The Morgan fingerprint density at radius 3 is 2.10 bits per heavy atom. The fourth-order valence-corrected chi connectivity index (χ4v) is 1.12. The second kappa shape index (κ2) is 2.68. The molecular formula is C9H11N. The van der Waals surface area contributed by atoms with Crippen LogP contribution >= 0.6 is 0 Å². The van der Waals surface area contributed by atoms with Gasteiger partial charge in [0.2, 0.25) is 0 Å². The van der Waals surface area contributed by atoms with Gasteiger partial charge < -0.3 is 0 Å². The van der Waals surface area contributed by atoms with Crippen LogP contribution in [-0.4, -0.2) is 5.87 Å². The molecule has 0 saturated carbocycles. The average Bonchev–Trinajstić information content (AvgIpc) is 1.88. The van der Waals surface area contributed by atoms with E-state index in [0.29, 0.717) is 0 Å². The van der Waals surface area contributed by atoms with Gasteiger partial charge in [0.25, 0.3) is 0 Å². The third kappa shape index (κ3) is 1.09. The first kappa shape index (κ1) is 7.04. The van der Waals surface area contributed by atoms with Crippen LogP contribution in [0, 0.1) is 5.41 Å². The summed E-state index contributed by atoms with van der Waals surface area (Å²) in [6.45, 7) is 4.04. The predicted molar refractivity (Wildman–Crippen MR) is 43.4 cm³/mol. The molecule has 0 aromatic rings. The molecule has 0 aromatic heterocycles. The van der Waals surface area contributed by atoms with Crippen molar-refractivity contribution in [1.82, 2.24) is 0 Å². The Balaban J connectivity index is 3.06. The van der Waals surface area contributed by atoms with Crippen LogP contribution in [-0.2, 0) is 0 Å². The number of nitrogens with one attached hydrogen (secondary N) is 1. The smallest absolute Gasteiger partial charge is 0.0405 e. The first-order valence-corrected chi connectivity index (χ1v) is 3.39. The molecule has 0 amide bonds. The lowest BCUT2D eigenvalue weighted by atomic mass is 9.95. The topological polar surface area (TPSA) is 23.9 Å². The summed E-state index contributed by atoms with van der Waals surface area (Å²) in [6.07, 6.45) is 5.23. The Kier molecular flexibility index (Phi) is 1.88. The molecule has 1 N–H and O–H groups in total. The maximum absolute atomic E-state index is 6.99. The van der Waals surface area contributed by atoms with Crippen molar-refractivity contribution in [3.63, 3.8) is 0 Å². The molecule has 0 saturated heterocycles. The van der Waals surface area contributed by atoms with Crippen molar-refractivity contribution in [1.29, 1.82) is 5.41 Å². The van der Waals surface area contributed by atoms with Crippen molar-refractivity contribution in [2.24, 2.45) is 0 Å². The van der Waals surface area contributed by atoms with E-state index in [1.165, 1.54) is 11.1 Å². The zero-order chi connectivity index (χ0) is 7.56. The fraction of sp³-hybridized carbons (Fsp3) is 0.333. The molecule has 1 aliphatic carbocycles. The first-order chi connectivity index (χ1) is 4.75. The van der Waals surface area contributed by atoms with Gasteiger partial charge in [-0.3, -0.25) is 5.41 Å². The second-order valence-corrected chi connectivity index (χ2v) is 2.51. The Labute approximate surface area is 61.3 Å². The maximum Gasteiger partial charge on any atom is 0.0405 e. The molecule has 0 aromatic carbocycles. The van der Waals surface area contributed by atoms with Gasteiger partial charge in [0.05, 0.1) is 0 Å². The molecule has 0 fully saturated rings. The second-order valence-electron chi connectivity index (χ2n) is 2.51. The standard InChI is InChI=1S/C9H11N/c1-7-4-3-5-8(2)9(7)6-10/h4-5,10H,3H2,1-2H3. The van der Waals surface area contributed by atoms with Crippen molar-refractivity contribution >= 4 is 5.87 Å². The van der Waals surface area contributed by atoms with E-state index < -0.39 is 0 Å². The van der Waals surface area contributed by atoms with E-state index >= 15 is 0 Å². The average molecular weight is 133 g/mol. The van der Waals surface area contributed by atoms with Gasteiger partial charge in [-0.05, 0) is 37.3 Å². The Hall–Kier alpha value is -1.07. The van der Waals surface area contributed by atoms with Crippen LogP contribution in [0.25, 0.3) is 0 Å². The molecule has 0 aliphatic heterocycles. The predicted octanol–water partition coefficient (Wildman–Crippen LogP) is 2.46. The highest BCUT2D eigenvalue weighted by molar-refractivity contribution is 5.70. The molecule has 10 heavy (non-hydrogen) atoms. The number of rotatable bonds is 0. The Morgan fingerprint density at radius 1 is 1.30 bits per heavy atom. The summed E-state index contributed by atoms with van der Waals surface area (Å²) in [5, 5.41) is 6.99. The van der Waals surface area contributed by atoms with Crippen molar-refractivity contribution < 1.29 is 0 Å². The van der Waals surface area contributed by atoms with E-state index in [0.717, 1.165) is 12.0 Å². The van der Waals surface area contributed by atoms with Crippen LogP contribution in [0.4, 0.5) is 0 Å². The van der Waals surface area contributed by atoms with E-state index in [1.807, 2.05) is 13.8 Å². The van der Waals surface area contributed by atoms with Crippen LogP contribution in [0.5, 0.6) is 0 Å².